The van der Waals surface area contributed by atoms with Crippen LogP contribution >= 0.6 is 28.1 Å². The third-order valence-electron chi connectivity index (χ3n) is 4.45. The number of thiocarbonyl (C=S) groups is 1. The van der Waals surface area contributed by atoms with E-state index in [2.05, 4.69) is 21.2 Å². The van der Waals surface area contributed by atoms with E-state index in [9.17, 15) is 19.5 Å². The van der Waals surface area contributed by atoms with Crippen molar-refractivity contribution in [1.29, 1.82) is 0 Å². The zero-order valence-electron chi connectivity index (χ0n) is 18.0. The van der Waals surface area contributed by atoms with E-state index in [1.807, 2.05) is 20.8 Å². The number of carbonyl (C=O) groups excluding carboxylic acids is 2. The Morgan fingerprint density at radius 2 is 2.00 bits per heavy atom. The molecule has 0 spiro atoms. The van der Waals surface area contributed by atoms with Crippen LogP contribution in [0.1, 0.15) is 36.7 Å². The number of rotatable bonds is 7. The first kappa shape index (κ1) is 24.4. The van der Waals surface area contributed by atoms with Crippen molar-refractivity contribution >= 4 is 62.8 Å². The van der Waals surface area contributed by atoms with Crippen LogP contribution in [0.15, 0.2) is 46.4 Å². The van der Waals surface area contributed by atoms with Gasteiger partial charge in [-0.3, -0.25) is 19.8 Å². The van der Waals surface area contributed by atoms with Crippen LogP contribution in [0, 0.1) is 0 Å². The number of ether oxygens (including phenoxy) is 2. The van der Waals surface area contributed by atoms with E-state index in [1.54, 1.807) is 12.1 Å². The highest BCUT2D eigenvalue weighted by molar-refractivity contribution is 9.10. The summed E-state index contributed by atoms with van der Waals surface area (Å²) in [6, 6.07) is 9.11. The molecule has 1 fully saturated rings. The molecule has 0 radical (unpaired) electrons. The lowest BCUT2D eigenvalue weighted by Crippen LogP contribution is -2.54. The molecule has 1 aliphatic heterocycles. The first-order chi connectivity index (χ1) is 15.6. The van der Waals surface area contributed by atoms with Crippen molar-refractivity contribution in [2.75, 3.05) is 11.5 Å². The van der Waals surface area contributed by atoms with E-state index in [1.165, 1.54) is 30.3 Å². The second kappa shape index (κ2) is 10.1. The molecule has 2 aromatic rings. The Kier molecular flexibility index (Phi) is 7.50. The van der Waals surface area contributed by atoms with Gasteiger partial charge in [-0.25, -0.2) is 4.79 Å². The summed E-state index contributed by atoms with van der Waals surface area (Å²) in [6.45, 7) is 6.00. The zero-order valence-corrected chi connectivity index (χ0v) is 20.5. The SMILES string of the molecule is CCOc1cc(C=C2C(=O)NC(=S)N(c3cccc(C(=O)O)c3)C2=O)cc(Br)c1OC(C)C. The Morgan fingerprint density at radius 1 is 1.27 bits per heavy atom. The van der Waals surface area contributed by atoms with Crippen molar-refractivity contribution in [3.63, 3.8) is 0 Å². The lowest BCUT2D eigenvalue weighted by Gasteiger charge is -2.29. The van der Waals surface area contributed by atoms with Gasteiger partial charge in [0.15, 0.2) is 16.6 Å². The topological polar surface area (TPSA) is 105 Å². The minimum atomic E-state index is -1.15. The zero-order chi connectivity index (χ0) is 24.3. The number of nitrogens with zero attached hydrogens (tertiary/aromatic N) is 1. The number of benzene rings is 2. The minimum Gasteiger partial charge on any atom is -0.490 e. The monoisotopic (exact) mass is 532 g/mol. The maximum absolute atomic E-state index is 13.2. The number of hydrogen-bond acceptors (Lipinski definition) is 6. The average Bonchev–Trinajstić information content (AvgIpc) is 2.73. The van der Waals surface area contributed by atoms with Crippen LogP contribution in [0.4, 0.5) is 5.69 Å². The minimum absolute atomic E-state index is 0.0171. The molecule has 0 aromatic heterocycles. The van der Waals surface area contributed by atoms with E-state index in [4.69, 9.17) is 21.7 Å². The molecular formula is C23H21BrN2O6S. The molecule has 33 heavy (non-hydrogen) atoms. The largest absolute Gasteiger partial charge is 0.490 e. The second-order valence-electron chi connectivity index (χ2n) is 7.24. The van der Waals surface area contributed by atoms with Crippen molar-refractivity contribution < 1.29 is 29.0 Å². The Labute approximate surface area is 204 Å². The number of halogens is 1. The molecule has 10 heteroatoms. The van der Waals surface area contributed by atoms with E-state index in [-0.39, 0.29) is 28.0 Å². The normalized spacial score (nSPS) is 15.1. The first-order valence-corrected chi connectivity index (χ1v) is 11.2. The molecule has 0 unspecified atom stereocenters. The van der Waals surface area contributed by atoms with Gasteiger partial charge in [0, 0.05) is 0 Å². The summed E-state index contributed by atoms with van der Waals surface area (Å²) in [4.78, 5) is 38.2. The fraction of sp³-hybridized carbons (Fsp3) is 0.217. The van der Waals surface area contributed by atoms with E-state index in [0.717, 1.165) is 4.90 Å². The number of amides is 2. The molecule has 2 N–H and O–H groups in total. The highest BCUT2D eigenvalue weighted by atomic mass is 79.9. The highest BCUT2D eigenvalue weighted by Crippen LogP contribution is 2.38. The van der Waals surface area contributed by atoms with E-state index < -0.39 is 17.8 Å². The number of aromatic carboxylic acids is 1. The summed E-state index contributed by atoms with van der Waals surface area (Å²) in [5, 5.41) is 11.6. The standard InChI is InChI=1S/C23H21BrN2O6S/c1-4-31-18-10-13(9-17(24)19(18)32-12(2)3)8-16-20(27)25-23(33)26(21(16)28)15-7-5-6-14(11-15)22(29)30/h5-12H,4H2,1-3H3,(H,29,30)(H,25,27,33). The van der Waals surface area contributed by atoms with Gasteiger partial charge in [0.2, 0.25) is 0 Å². The fourth-order valence-corrected chi connectivity index (χ4v) is 3.96. The van der Waals surface area contributed by atoms with Crippen LogP contribution in [-0.2, 0) is 9.59 Å². The highest BCUT2D eigenvalue weighted by Gasteiger charge is 2.34. The summed E-state index contributed by atoms with van der Waals surface area (Å²) in [6.07, 6.45) is 1.33. The van der Waals surface area contributed by atoms with Crippen LogP contribution in [0.3, 0.4) is 0 Å². The van der Waals surface area contributed by atoms with Crippen molar-refractivity contribution in [2.24, 2.45) is 0 Å². The molecule has 0 atom stereocenters. The van der Waals surface area contributed by atoms with Gasteiger partial charge in [-0.15, -0.1) is 0 Å². The van der Waals surface area contributed by atoms with Gasteiger partial charge < -0.3 is 14.6 Å². The maximum Gasteiger partial charge on any atom is 0.335 e. The van der Waals surface area contributed by atoms with Gasteiger partial charge in [0.25, 0.3) is 11.8 Å². The molecule has 2 aromatic carbocycles. The Morgan fingerprint density at radius 3 is 2.64 bits per heavy atom. The van der Waals surface area contributed by atoms with E-state index in [0.29, 0.717) is 28.1 Å². The first-order valence-electron chi connectivity index (χ1n) is 10.00. The molecule has 1 heterocycles. The molecule has 2 amide bonds. The van der Waals surface area contributed by atoms with Crippen LogP contribution in [0.2, 0.25) is 0 Å². The molecule has 172 valence electrons. The van der Waals surface area contributed by atoms with Crippen molar-refractivity contribution in [1.82, 2.24) is 5.32 Å². The third-order valence-corrected chi connectivity index (χ3v) is 5.32. The van der Waals surface area contributed by atoms with Crippen molar-refractivity contribution in [3.05, 3.63) is 57.6 Å². The van der Waals surface area contributed by atoms with Crippen LogP contribution in [-0.4, -0.2) is 40.7 Å². The predicted octanol–water partition coefficient (Wildman–Crippen LogP) is 4.16. The summed E-state index contributed by atoms with van der Waals surface area (Å²) in [5.41, 5.74) is 0.562. The quantitative estimate of drug-likeness (QED) is 0.313. The molecule has 1 aliphatic rings. The second-order valence-corrected chi connectivity index (χ2v) is 8.48. The van der Waals surface area contributed by atoms with Crippen LogP contribution < -0.4 is 19.7 Å². The molecule has 8 nitrogen and oxygen atoms in total. The van der Waals surface area contributed by atoms with Crippen molar-refractivity contribution in [2.45, 2.75) is 26.9 Å². The number of carboxylic acid groups (broad SMARTS) is 1. The molecular weight excluding hydrogens is 512 g/mol. The van der Waals surface area contributed by atoms with Gasteiger partial charge in [0.05, 0.1) is 28.4 Å². The number of carboxylic acids is 1. The molecule has 0 aliphatic carbocycles. The summed E-state index contributed by atoms with van der Waals surface area (Å²) >= 11 is 8.64. The van der Waals surface area contributed by atoms with Gasteiger partial charge in [-0.2, -0.15) is 0 Å². The Balaban J connectivity index is 2.04. The number of hydrogen-bond donors (Lipinski definition) is 2. The van der Waals surface area contributed by atoms with Crippen molar-refractivity contribution in [3.8, 4) is 11.5 Å². The number of anilines is 1. The summed E-state index contributed by atoms with van der Waals surface area (Å²) in [5.74, 6) is -1.52. The summed E-state index contributed by atoms with van der Waals surface area (Å²) in [7, 11) is 0. The lowest BCUT2D eigenvalue weighted by molar-refractivity contribution is -0.122. The van der Waals surface area contributed by atoms with E-state index >= 15 is 0 Å². The van der Waals surface area contributed by atoms with Gasteiger partial charge in [-0.1, -0.05) is 6.07 Å². The molecule has 0 bridgehead atoms. The van der Waals surface area contributed by atoms with Crippen LogP contribution in [0.5, 0.6) is 11.5 Å². The smallest absolute Gasteiger partial charge is 0.335 e. The average molecular weight is 533 g/mol. The van der Waals surface area contributed by atoms with Gasteiger partial charge in [-0.05, 0) is 90.9 Å². The Hall–Kier alpha value is -3.24. The predicted molar refractivity (Wildman–Crippen MR) is 131 cm³/mol. The lowest BCUT2D eigenvalue weighted by atomic mass is 10.1. The molecule has 3 rings (SSSR count). The number of nitrogens with one attached hydrogen (secondary N) is 1. The summed E-state index contributed by atoms with van der Waals surface area (Å²) < 4.78 is 12.1. The number of carbonyl (C=O) groups is 3. The van der Waals surface area contributed by atoms with Gasteiger partial charge >= 0.3 is 5.97 Å². The fourth-order valence-electron chi connectivity index (χ4n) is 3.12. The third kappa shape index (κ3) is 5.40. The van der Waals surface area contributed by atoms with Gasteiger partial charge in [0.1, 0.15) is 5.57 Å². The molecule has 1 saturated heterocycles. The Bertz CT molecular complexity index is 1180. The maximum atomic E-state index is 13.2. The van der Waals surface area contributed by atoms with Crippen LogP contribution in [0.25, 0.3) is 6.08 Å². The molecule has 0 saturated carbocycles.